The molecule has 25 heavy (non-hydrogen) atoms. The molecule has 0 unspecified atom stereocenters. The summed E-state index contributed by atoms with van der Waals surface area (Å²) in [6, 6.07) is 5.40. The number of fused-ring (bicyclic) bond motifs is 1. The standard InChI is InChI=1S/C15H12N4O5S/c1-8-16-14-10(5-6-25-14)15(21)18(8)17-13(20)9-3-4-12(24-2)11(7-9)19(22)23/h3-7H,1-2H3,(H,17,20). The van der Waals surface area contributed by atoms with Crippen molar-refractivity contribution in [2.45, 2.75) is 6.92 Å². The average Bonchev–Trinajstić information content (AvgIpc) is 3.06. The molecule has 3 aromatic rings. The lowest BCUT2D eigenvalue weighted by atomic mass is 10.2. The van der Waals surface area contributed by atoms with E-state index in [-0.39, 0.29) is 17.0 Å². The second-order valence-corrected chi connectivity index (χ2v) is 5.92. The molecule has 0 atom stereocenters. The van der Waals surface area contributed by atoms with E-state index >= 15 is 0 Å². The lowest BCUT2D eigenvalue weighted by molar-refractivity contribution is -0.385. The molecule has 1 aromatic carbocycles. The van der Waals surface area contributed by atoms with Gasteiger partial charge in [0.05, 0.1) is 17.4 Å². The first-order valence-corrected chi connectivity index (χ1v) is 7.91. The molecule has 0 bridgehead atoms. The largest absolute Gasteiger partial charge is 0.490 e. The van der Waals surface area contributed by atoms with Crippen LogP contribution in [0.4, 0.5) is 5.69 Å². The molecular formula is C15H12N4O5S. The van der Waals surface area contributed by atoms with Crippen LogP contribution in [0.25, 0.3) is 10.2 Å². The zero-order chi connectivity index (χ0) is 18.1. The lowest BCUT2D eigenvalue weighted by Gasteiger charge is -2.11. The SMILES string of the molecule is COc1ccc(C(=O)Nn2c(C)nc3sccc3c2=O)cc1[N+](=O)[O-]. The first-order valence-electron chi connectivity index (χ1n) is 7.03. The molecule has 0 saturated carbocycles. The van der Waals surface area contributed by atoms with Gasteiger partial charge < -0.3 is 4.74 Å². The monoisotopic (exact) mass is 360 g/mol. The van der Waals surface area contributed by atoms with Crippen LogP contribution >= 0.6 is 11.3 Å². The van der Waals surface area contributed by atoms with Gasteiger partial charge in [-0.15, -0.1) is 11.3 Å². The summed E-state index contributed by atoms with van der Waals surface area (Å²) in [5, 5.41) is 13.2. The highest BCUT2D eigenvalue weighted by atomic mass is 32.1. The molecule has 2 heterocycles. The van der Waals surface area contributed by atoms with Gasteiger partial charge in [0.25, 0.3) is 11.5 Å². The zero-order valence-electron chi connectivity index (χ0n) is 13.2. The Morgan fingerprint density at radius 2 is 2.16 bits per heavy atom. The molecule has 0 aliphatic heterocycles. The average molecular weight is 360 g/mol. The van der Waals surface area contributed by atoms with Gasteiger partial charge in [-0.3, -0.25) is 25.1 Å². The highest BCUT2D eigenvalue weighted by molar-refractivity contribution is 7.16. The summed E-state index contributed by atoms with van der Waals surface area (Å²) >= 11 is 1.32. The molecule has 0 saturated heterocycles. The van der Waals surface area contributed by atoms with Crippen molar-refractivity contribution in [3.8, 4) is 5.75 Å². The minimum absolute atomic E-state index is 0.0178. The number of nitrogens with zero attached hydrogens (tertiary/aromatic N) is 3. The van der Waals surface area contributed by atoms with E-state index in [9.17, 15) is 19.7 Å². The van der Waals surface area contributed by atoms with Crippen molar-refractivity contribution in [2.24, 2.45) is 0 Å². The molecule has 128 valence electrons. The Labute approximate surface area is 144 Å². The lowest BCUT2D eigenvalue weighted by Crippen LogP contribution is -2.35. The van der Waals surface area contributed by atoms with E-state index in [4.69, 9.17) is 4.74 Å². The van der Waals surface area contributed by atoms with Gasteiger partial charge in [0.15, 0.2) is 5.75 Å². The third kappa shape index (κ3) is 2.94. The van der Waals surface area contributed by atoms with Gasteiger partial charge in [0.2, 0.25) is 0 Å². The summed E-state index contributed by atoms with van der Waals surface area (Å²) in [4.78, 5) is 40.1. The Morgan fingerprint density at radius 1 is 1.40 bits per heavy atom. The summed E-state index contributed by atoms with van der Waals surface area (Å²) in [5.74, 6) is -0.333. The second kappa shape index (κ2) is 6.32. The molecule has 9 nitrogen and oxygen atoms in total. The quantitative estimate of drug-likeness (QED) is 0.562. The highest BCUT2D eigenvalue weighted by Crippen LogP contribution is 2.27. The smallest absolute Gasteiger partial charge is 0.311 e. The van der Waals surface area contributed by atoms with Crippen molar-refractivity contribution in [3.05, 3.63) is 61.5 Å². The van der Waals surface area contributed by atoms with Gasteiger partial charge >= 0.3 is 5.69 Å². The zero-order valence-corrected chi connectivity index (χ0v) is 14.0. The third-order valence-corrected chi connectivity index (χ3v) is 4.32. The number of nitro benzene ring substituents is 1. The number of hydrogen-bond acceptors (Lipinski definition) is 7. The fourth-order valence-corrected chi connectivity index (χ4v) is 3.09. The number of hydrogen-bond donors (Lipinski definition) is 1. The minimum atomic E-state index is -0.674. The van der Waals surface area contributed by atoms with E-state index in [1.807, 2.05) is 0 Å². The first kappa shape index (κ1) is 16.6. The van der Waals surface area contributed by atoms with Crippen molar-refractivity contribution in [3.63, 3.8) is 0 Å². The van der Waals surface area contributed by atoms with Crippen molar-refractivity contribution in [1.29, 1.82) is 0 Å². The van der Waals surface area contributed by atoms with Crippen LogP contribution in [0.5, 0.6) is 5.75 Å². The van der Waals surface area contributed by atoms with Crippen molar-refractivity contribution >= 4 is 33.1 Å². The van der Waals surface area contributed by atoms with Crippen molar-refractivity contribution < 1.29 is 14.5 Å². The molecule has 0 fully saturated rings. The normalized spacial score (nSPS) is 10.6. The van der Waals surface area contributed by atoms with Gasteiger partial charge in [-0.1, -0.05) is 0 Å². The fraction of sp³-hybridized carbons (Fsp3) is 0.133. The maximum Gasteiger partial charge on any atom is 0.311 e. The van der Waals surface area contributed by atoms with Crippen LogP contribution in [0, 0.1) is 17.0 Å². The molecule has 1 amide bonds. The third-order valence-electron chi connectivity index (χ3n) is 3.52. The summed E-state index contributed by atoms with van der Waals surface area (Å²) in [6.07, 6.45) is 0. The number of benzene rings is 1. The first-order chi connectivity index (χ1) is 11.9. The van der Waals surface area contributed by atoms with Gasteiger partial charge in [-0.2, -0.15) is 0 Å². The number of amides is 1. The van der Waals surface area contributed by atoms with Crippen LogP contribution in [0.1, 0.15) is 16.2 Å². The van der Waals surface area contributed by atoms with Crippen molar-refractivity contribution in [2.75, 3.05) is 12.5 Å². The molecule has 3 rings (SSSR count). The van der Waals surface area contributed by atoms with E-state index in [0.717, 1.165) is 10.7 Å². The summed E-state index contributed by atoms with van der Waals surface area (Å²) in [6.45, 7) is 1.58. The number of methoxy groups -OCH3 is 1. The number of nitrogens with one attached hydrogen (secondary N) is 1. The van der Waals surface area contributed by atoms with Crippen molar-refractivity contribution in [1.82, 2.24) is 9.66 Å². The summed E-state index contributed by atoms with van der Waals surface area (Å²) in [7, 11) is 1.30. The highest BCUT2D eigenvalue weighted by Gasteiger charge is 2.19. The Hall–Kier alpha value is -3.27. The second-order valence-electron chi connectivity index (χ2n) is 5.02. The van der Waals surface area contributed by atoms with Crippen LogP contribution in [0.15, 0.2) is 34.4 Å². The van der Waals surface area contributed by atoms with Crippen LogP contribution in [0.2, 0.25) is 0 Å². The van der Waals surface area contributed by atoms with E-state index in [0.29, 0.717) is 16.0 Å². The predicted molar refractivity (Wildman–Crippen MR) is 92.0 cm³/mol. The van der Waals surface area contributed by atoms with E-state index in [2.05, 4.69) is 10.4 Å². The van der Waals surface area contributed by atoms with Gasteiger partial charge in [-0.05, 0) is 30.5 Å². The number of aromatic nitrogens is 2. The predicted octanol–water partition coefficient (Wildman–Crippen LogP) is 2.07. The van der Waals surface area contributed by atoms with Gasteiger partial charge in [0, 0.05) is 11.6 Å². The van der Waals surface area contributed by atoms with Gasteiger partial charge in [0.1, 0.15) is 10.7 Å². The van der Waals surface area contributed by atoms with E-state index in [1.165, 1.54) is 30.6 Å². The van der Waals surface area contributed by atoms with Gasteiger partial charge in [-0.25, -0.2) is 9.66 Å². The molecular weight excluding hydrogens is 348 g/mol. The maximum absolute atomic E-state index is 12.4. The molecule has 1 N–H and O–H groups in total. The van der Waals surface area contributed by atoms with Crippen LogP contribution in [-0.2, 0) is 0 Å². The summed E-state index contributed by atoms with van der Waals surface area (Å²) in [5.41, 5.74) is 1.68. The van der Waals surface area contributed by atoms with Crippen LogP contribution in [0.3, 0.4) is 0 Å². The number of carbonyl (C=O) groups is 1. The summed E-state index contributed by atoms with van der Waals surface area (Å²) < 4.78 is 5.92. The van der Waals surface area contributed by atoms with Crippen LogP contribution in [-0.4, -0.2) is 27.6 Å². The maximum atomic E-state index is 12.4. The Kier molecular flexibility index (Phi) is 4.19. The number of ether oxygens (including phenoxy) is 1. The topological polar surface area (TPSA) is 116 Å². The van der Waals surface area contributed by atoms with E-state index < -0.39 is 16.4 Å². The molecule has 0 radical (unpaired) electrons. The number of rotatable bonds is 4. The fourth-order valence-electron chi connectivity index (χ4n) is 2.29. The molecule has 2 aromatic heterocycles. The molecule has 0 spiro atoms. The van der Waals surface area contributed by atoms with E-state index in [1.54, 1.807) is 18.4 Å². The van der Waals surface area contributed by atoms with Crippen LogP contribution < -0.4 is 15.7 Å². The Balaban J connectivity index is 1.99. The number of carbonyl (C=O) groups excluding carboxylic acids is 1. The number of aryl methyl sites for hydroxylation is 1. The number of thiophene rings is 1. The molecule has 0 aliphatic rings. The molecule has 10 heteroatoms. The number of nitro groups is 1. The minimum Gasteiger partial charge on any atom is -0.490 e. The Bertz CT molecular complexity index is 1060. The Morgan fingerprint density at radius 3 is 2.84 bits per heavy atom. The molecule has 0 aliphatic carbocycles.